The number of carbonyl (C=O) groups excluding carboxylic acids is 2. The first-order valence-corrected chi connectivity index (χ1v) is 9.62. The van der Waals surface area contributed by atoms with Gasteiger partial charge in [-0.2, -0.15) is 0 Å². The summed E-state index contributed by atoms with van der Waals surface area (Å²) in [6, 6.07) is 12.8. The molecule has 0 atom stereocenters. The van der Waals surface area contributed by atoms with Crippen molar-refractivity contribution >= 4 is 18.0 Å². The van der Waals surface area contributed by atoms with E-state index in [-0.39, 0.29) is 17.1 Å². The van der Waals surface area contributed by atoms with Crippen LogP contribution in [0.5, 0.6) is 17.2 Å². The largest absolute Gasteiger partial charge is 0.497 e. The maximum absolute atomic E-state index is 13.3. The number of allylic oxidation sites excluding steroid dienone is 1. The van der Waals surface area contributed by atoms with Crippen molar-refractivity contribution in [2.75, 3.05) is 28.4 Å². The van der Waals surface area contributed by atoms with Gasteiger partial charge in [-0.05, 0) is 36.8 Å². The highest BCUT2D eigenvalue weighted by atomic mass is 16.5. The maximum Gasteiger partial charge on any atom is 0.340 e. The smallest absolute Gasteiger partial charge is 0.340 e. The number of rotatable bonds is 7. The first-order chi connectivity index (χ1) is 14.9. The molecule has 0 bridgehead atoms. The molecule has 1 amide bonds. The van der Waals surface area contributed by atoms with Crippen molar-refractivity contribution in [3.63, 3.8) is 0 Å². The number of amides is 1. The average Bonchev–Trinajstić information content (AvgIpc) is 3.03. The molecule has 0 saturated carbocycles. The van der Waals surface area contributed by atoms with Crippen LogP contribution in [0.3, 0.4) is 0 Å². The third-order valence-electron chi connectivity index (χ3n) is 5.13. The molecule has 31 heavy (non-hydrogen) atoms. The topological polar surface area (TPSA) is 74.3 Å². The zero-order chi connectivity index (χ0) is 22.5. The van der Waals surface area contributed by atoms with Gasteiger partial charge in [0.2, 0.25) is 0 Å². The summed E-state index contributed by atoms with van der Waals surface area (Å²) >= 11 is 0. The minimum Gasteiger partial charge on any atom is -0.497 e. The molecule has 0 saturated heterocycles. The number of ether oxygens (including phenoxy) is 4. The van der Waals surface area contributed by atoms with Crippen molar-refractivity contribution in [2.45, 2.75) is 13.5 Å². The number of esters is 1. The summed E-state index contributed by atoms with van der Waals surface area (Å²) in [4.78, 5) is 27.5. The molecular weight excluding hydrogens is 398 g/mol. The zero-order valence-corrected chi connectivity index (χ0v) is 18.2. The van der Waals surface area contributed by atoms with Crippen LogP contribution >= 0.6 is 0 Å². The second kappa shape index (κ2) is 9.38. The van der Waals surface area contributed by atoms with Gasteiger partial charge < -0.3 is 23.8 Å². The van der Waals surface area contributed by atoms with Crippen molar-refractivity contribution in [2.24, 2.45) is 0 Å². The summed E-state index contributed by atoms with van der Waals surface area (Å²) in [7, 11) is 5.95. The predicted molar refractivity (Wildman–Crippen MR) is 116 cm³/mol. The summed E-state index contributed by atoms with van der Waals surface area (Å²) in [6.07, 6.45) is 1.63. The molecule has 2 aromatic rings. The Morgan fingerprint density at radius 1 is 0.968 bits per heavy atom. The van der Waals surface area contributed by atoms with Gasteiger partial charge in [0.05, 0.1) is 46.1 Å². The summed E-state index contributed by atoms with van der Waals surface area (Å²) in [5.41, 5.74) is 2.51. The summed E-state index contributed by atoms with van der Waals surface area (Å²) in [6.45, 7) is 2.04. The highest BCUT2D eigenvalue weighted by Crippen LogP contribution is 2.37. The SMILES string of the molecule is COC(=O)C1=C(C)N(Cc2ccc(OC)cc2)C(=O)/C1=C\c1cccc(OC)c1OC. The Labute approximate surface area is 181 Å². The summed E-state index contributed by atoms with van der Waals surface area (Å²) < 4.78 is 21.0. The van der Waals surface area contributed by atoms with Crippen LogP contribution in [0, 0.1) is 0 Å². The van der Waals surface area contributed by atoms with E-state index in [1.165, 1.54) is 21.3 Å². The molecule has 0 spiro atoms. The number of benzene rings is 2. The third-order valence-corrected chi connectivity index (χ3v) is 5.13. The predicted octanol–water partition coefficient (Wildman–Crippen LogP) is 3.59. The number of nitrogens with zero attached hydrogens (tertiary/aromatic N) is 1. The van der Waals surface area contributed by atoms with E-state index in [1.807, 2.05) is 24.3 Å². The van der Waals surface area contributed by atoms with Crippen molar-refractivity contribution < 1.29 is 28.5 Å². The lowest BCUT2D eigenvalue weighted by Gasteiger charge is -2.18. The Balaban J connectivity index is 2.05. The van der Waals surface area contributed by atoms with E-state index in [4.69, 9.17) is 18.9 Å². The maximum atomic E-state index is 13.3. The van der Waals surface area contributed by atoms with E-state index >= 15 is 0 Å². The van der Waals surface area contributed by atoms with Gasteiger partial charge in [0.25, 0.3) is 5.91 Å². The van der Waals surface area contributed by atoms with Crippen LogP contribution in [0.1, 0.15) is 18.1 Å². The van der Waals surface area contributed by atoms with Crippen LogP contribution in [0.2, 0.25) is 0 Å². The van der Waals surface area contributed by atoms with E-state index in [2.05, 4.69) is 0 Å². The van der Waals surface area contributed by atoms with Gasteiger partial charge in [0, 0.05) is 11.3 Å². The van der Waals surface area contributed by atoms with Crippen molar-refractivity contribution in [3.8, 4) is 17.2 Å². The van der Waals surface area contributed by atoms with Crippen LogP contribution in [-0.2, 0) is 20.9 Å². The molecule has 3 rings (SSSR count). The molecule has 1 aliphatic rings. The Morgan fingerprint density at radius 2 is 1.68 bits per heavy atom. The van der Waals surface area contributed by atoms with E-state index < -0.39 is 5.97 Å². The van der Waals surface area contributed by atoms with Crippen LogP contribution < -0.4 is 14.2 Å². The lowest BCUT2D eigenvalue weighted by molar-refractivity contribution is -0.136. The molecule has 0 N–H and O–H groups in total. The van der Waals surface area contributed by atoms with Gasteiger partial charge in [-0.1, -0.05) is 24.3 Å². The van der Waals surface area contributed by atoms with Crippen molar-refractivity contribution in [3.05, 3.63) is 70.4 Å². The van der Waals surface area contributed by atoms with Gasteiger partial charge in [-0.25, -0.2) is 4.79 Å². The standard InChI is InChI=1S/C24H25NO6/c1-15-21(24(27)31-5)19(13-17-7-6-8-20(29-3)22(17)30-4)23(26)25(15)14-16-9-11-18(28-2)12-10-16/h6-13H,14H2,1-5H3/b19-13-. The second-order valence-corrected chi connectivity index (χ2v) is 6.83. The Morgan fingerprint density at radius 3 is 2.26 bits per heavy atom. The number of carbonyl (C=O) groups is 2. The molecule has 0 fully saturated rings. The molecule has 7 nitrogen and oxygen atoms in total. The van der Waals surface area contributed by atoms with Gasteiger partial charge in [0.1, 0.15) is 5.75 Å². The Bertz CT molecular complexity index is 1050. The number of para-hydroxylation sites is 1. The van der Waals surface area contributed by atoms with Gasteiger partial charge in [0.15, 0.2) is 11.5 Å². The molecule has 0 unspecified atom stereocenters. The first kappa shape index (κ1) is 22.0. The van der Waals surface area contributed by atoms with Gasteiger partial charge in [-0.15, -0.1) is 0 Å². The number of methoxy groups -OCH3 is 4. The van der Waals surface area contributed by atoms with E-state index in [9.17, 15) is 9.59 Å². The van der Waals surface area contributed by atoms with Crippen LogP contribution in [-0.4, -0.2) is 45.2 Å². The highest BCUT2D eigenvalue weighted by molar-refractivity contribution is 6.16. The quantitative estimate of drug-likeness (QED) is 0.501. The number of hydrogen-bond acceptors (Lipinski definition) is 6. The molecular formula is C24H25NO6. The molecule has 162 valence electrons. The van der Waals surface area contributed by atoms with Crippen LogP contribution in [0.25, 0.3) is 6.08 Å². The van der Waals surface area contributed by atoms with E-state index in [1.54, 1.807) is 43.2 Å². The first-order valence-electron chi connectivity index (χ1n) is 9.62. The lowest BCUT2D eigenvalue weighted by atomic mass is 10.0. The Hall–Kier alpha value is -3.74. The molecule has 7 heteroatoms. The molecule has 1 aliphatic heterocycles. The Kier molecular flexibility index (Phi) is 6.65. The fraction of sp³-hybridized carbons (Fsp3) is 0.250. The van der Waals surface area contributed by atoms with Crippen molar-refractivity contribution in [1.29, 1.82) is 0 Å². The van der Waals surface area contributed by atoms with Crippen LogP contribution in [0.4, 0.5) is 0 Å². The van der Waals surface area contributed by atoms with Gasteiger partial charge in [-0.3, -0.25) is 4.79 Å². The average molecular weight is 423 g/mol. The minimum atomic E-state index is -0.573. The normalized spacial score (nSPS) is 14.8. The molecule has 0 aliphatic carbocycles. The van der Waals surface area contributed by atoms with Crippen molar-refractivity contribution in [1.82, 2.24) is 4.90 Å². The summed E-state index contributed by atoms with van der Waals surface area (Å²) in [5, 5.41) is 0. The lowest BCUT2D eigenvalue weighted by Crippen LogP contribution is -2.24. The van der Waals surface area contributed by atoms with E-state index in [0.717, 1.165) is 11.3 Å². The highest BCUT2D eigenvalue weighted by Gasteiger charge is 2.37. The molecule has 0 aromatic heterocycles. The van der Waals surface area contributed by atoms with E-state index in [0.29, 0.717) is 29.3 Å². The fourth-order valence-corrected chi connectivity index (χ4v) is 3.51. The van der Waals surface area contributed by atoms with Gasteiger partial charge >= 0.3 is 5.97 Å². The fourth-order valence-electron chi connectivity index (χ4n) is 3.51. The third kappa shape index (κ3) is 4.26. The molecule has 0 radical (unpaired) electrons. The van der Waals surface area contributed by atoms with Crippen LogP contribution in [0.15, 0.2) is 59.3 Å². The summed E-state index contributed by atoms with van der Waals surface area (Å²) in [5.74, 6) is 0.859. The zero-order valence-electron chi connectivity index (χ0n) is 18.2. The molecule has 1 heterocycles. The number of hydrogen-bond donors (Lipinski definition) is 0. The molecule has 2 aromatic carbocycles. The second-order valence-electron chi connectivity index (χ2n) is 6.83. The minimum absolute atomic E-state index is 0.228. The monoisotopic (exact) mass is 423 g/mol.